The van der Waals surface area contributed by atoms with Crippen LogP contribution in [0.3, 0.4) is 0 Å². The van der Waals surface area contributed by atoms with Crippen LogP contribution in [0.25, 0.3) is 27.6 Å². The summed E-state index contributed by atoms with van der Waals surface area (Å²) in [5.41, 5.74) is 6.16. The van der Waals surface area contributed by atoms with Gasteiger partial charge in [0.15, 0.2) is 0 Å². The van der Waals surface area contributed by atoms with Gasteiger partial charge in [-0.1, -0.05) is 60.1 Å². The number of fused-ring (bicyclic) bond motifs is 2. The van der Waals surface area contributed by atoms with E-state index in [1.54, 1.807) is 6.08 Å². The second kappa shape index (κ2) is 4.99. The van der Waals surface area contributed by atoms with Crippen LogP contribution in [-0.4, -0.2) is 5.91 Å². The van der Waals surface area contributed by atoms with E-state index < -0.39 is 5.91 Å². The molecule has 0 aliphatic carbocycles. The monoisotopic (exact) mass is 281 g/mol. The topological polar surface area (TPSA) is 43.1 Å². The van der Waals surface area contributed by atoms with Crippen molar-refractivity contribution in [3.05, 3.63) is 65.2 Å². The third kappa shape index (κ3) is 2.04. The summed E-state index contributed by atoms with van der Waals surface area (Å²) in [6.45, 7) is 0. The molecule has 0 bridgehead atoms. The highest BCUT2D eigenvalue weighted by atomic mass is 35.5. The Morgan fingerprint density at radius 2 is 1.35 bits per heavy atom. The molecule has 1 amide bonds. The van der Waals surface area contributed by atoms with Gasteiger partial charge in [0.25, 0.3) is 0 Å². The fraction of sp³-hybridized carbons (Fsp3) is 0. The molecule has 20 heavy (non-hydrogen) atoms. The van der Waals surface area contributed by atoms with E-state index in [2.05, 4.69) is 0 Å². The summed E-state index contributed by atoms with van der Waals surface area (Å²) in [4.78, 5) is 11.0. The smallest absolute Gasteiger partial charge is 0.241 e. The standard InChI is InChI=1S/C17H12ClNO/c18-17-14-7-3-1-5-11(14)13(9-10-16(19)20)12-6-2-4-8-15(12)17/h1-10H,(H2,19,20). The summed E-state index contributed by atoms with van der Waals surface area (Å²) < 4.78 is 0. The molecule has 3 heteroatoms. The van der Waals surface area contributed by atoms with Crippen LogP contribution in [0.4, 0.5) is 0 Å². The summed E-state index contributed by atoms with van der Waals surface area (Å²) in [6.07, 6.45) is 3.13. The van der Waals surface area contributed by atoms with Crippen molar-refractivity contribution in [3.63, 3.8) is 0 Å². The van der Waals surface area contributed by atoms with E-state index in [1.807, 2.05) is 48.5 Å². The van der Waals surface area contributed by atoms with Gasteiger partial charge >= 0.3 is 0 Å². The summed E-state index contributed by atoms with van der Waals surface area (Å²) in [5.74, 6) is -0.465. The van der Waals surface area contributed by atoms with Crippen molar-refractivity contribution in [2.45, 2.75) is 0 Å². The molecular formula is C17H12ClNO. The van der Waals surface area contributed by atoms with Crippen molar-refractivity contribution in [2.24, 2.45) is 5.73 Å². The van der Waals surface area contributed by atoms with E-state index in [0.29, 0.717) is 0 Å². The Balaban J connectivity index is 2.49. The van der Waals surface area contributed by atoms with Gasteiger partial charge in [0, 0.05) is 16.8 Å². The second-order valence-corrected chi connectivity index (χ2v) is 4.93. The molecule has 0 saturated carbocycles. The average Bonchev–Trinajstić information content (AvgIpc) is 2.47. The first-order valence-corrected chi connectivity index (χ1v) is 6.63. The maximum Gasteiger partial charge on any atom is 0.241 e. The molecular weight excluding hydrogens is 270 g/mol. The summed E-state index contributed by atoms with van der Waals surface area (Å²) in [7, 11) is 0. The van der Waals surface area contributed by atoms with Crippen LogP contribution in [0, 0.1) is 0 Å². The third-order valence-corrected chi connectivity index (χ3v) is 3.73. The largest absolute Gasteiger partial charge is 0.366 e. The lowest BCUT2D eigenvalue weighted by Crippen LogP contribution is -2.05. The van der Waals surface area contributed by atoms with E-state index in [4.69, 9.17) is 17.3 Å². The fourth-order valence-electron chi connectivity index (χ4n) is 2.45. The fourth-order valence-corrected chi connectivity index (χ4v) is 2.78. The van der Waals surface area contributed by atoms with Crippen LogP contribution in [0.2, 0.25) is 5.02 Å². The SMILES string of the molecule is NC(=O)C=Cc1c2ccccc2c(Cl)c2ccccc12. The number of carbonyl (C=O) groups excluding carboxylic acids is 1. The van der Waals surface area contributed by atoms with Crippen LogP contribution in [0.1, 0.15) is 5.56 Å². The Labute approximate surface area is 121 Å². The summed E-state index contributed by atoms with van der Waals surface area (Å²) in [6, 6.07) is 15.7. The number of carbonyl (C=O) groups is 1. The molecule has 0 heterocycles. The van der Waals surface area contributed by atoms with Crippen molar-refractivity contribution < 1.29 is 4.79 Å². The van der Waals surface area contributed by atoms with Gasteiger partial charge in [-0.25, -0.2) is 0 Å². The van der Waals surface area contributed by atoms with Gasteiger partial charge in [-0.15, -0.1) is 0 Å². The molecule has 0 aromatic heterocycles. The molecule has 0 spiro atoms. The first kappa shape index (κ1) is 12.7. The molecule has 0 aliphatic heterocycles. The number of hydrogen-bond acceptors (Lipinski definition) is 1. The zero-order valence-electron chi connectivity index (χ0n) is 10.6. The highest BCUT2D eigenvalue weighted by Gasteiger charge is 2.10. The van der Waals surface area contributed by atoms with Crippen LogP contribution in [0.5, 0.6) is 0 Å². The van der Waals surface area contributed by atoms with Crippen molar-refractivity contribution >= 4 is 45.1 Å². The number of benzene rings is 3. The van der Waals surface area contributed by atoms with Gasteiger partial charge in [0.2, 0.25) is 5.91 Å². The normalized spacial score (nSPS) is 11.4. The first-order chi connectivity index (χ1) is 9.68. The minimum atomic E-state index is -0.465. The first-order valence-electron chi connectivity index (χ1n) is 6.25. The van der Waals surface area contributed by atoms with Crippen LogP contribution >= 0.6 is 11.6 Å². The highest BCUT2D eigenvalue weighted by Crippen LogP contribution is 2.36. The zero-order chi connectivity index (χ0) is 14.1. The van der Waals surface area contributed by atoms with Crippen LogP contribution < -0.4 is 5.73 Å². The molecule has 3 aromatic carbocycles. The van der Waals surface area contributed by atoms with Crippen molar-refractivity contribution in [1.29, 1.82) is 0 Å². The molecule has 0 atom stereocenters. The Morgan fingerprint density at radius 1 is 0.900 bits per heavy atom. The summed E-state index contributed by atoms with van der Waals surface area (Å²) in [5, 5.41) is 4.68. The van der Waals surface area contributed by atoms with Gasteiger partial charge < -0.3 is 5.73 Å². The molecule has 0 saturated heterocycles. The third-order valence-electron chi connectivity index (χ3n) is 3.32. The minimum Gasteiger partial charge on any atom is -0.366 e. The second-order valence-electron chi connectivity index (χ2n) is 4.55. The molecule has 3 aromatic rings. The van der Waals surface area contributed by atoms with Gasteiger partial charge in [-0.3, -0.25) is 4.79 Å². The lowest BCUT2D eigenvalue weighted by atomic mass is 9.96. The lowest BCUT2D eigenvalue weighted by molar-refractivity contribution is -0.113. The lowest BCUT2D eigenvalue weighted by Gasteiger charge is -2.10. The molecule has 0 unspecified atom stereocenters. The molecule has 0 radical (unpaired) electrons. The van der Waals surface area contributed by atoms with Crippen molar-refractivity contribution in [3.8, 4) is 0 Å². The number of halogens is 1. The molecule has 98 valence electrons. The van der Waals surface area contributed by atoms with Crippen molar-refractivity contribution in [2.75, 3.05) is 0 Å². The van der Waals surface area contributed by atoms with Gasteiger partial charge in [-0.2, -0.15) is 0 Å². The van der Waals surface area contributed by atoms with E-state index in [9.17, 15) is 4.79 Å². The maximum absolute atomic E-state index is 11.0. The molecule has 3 rings (SSSR count). The van der Waals surface area contributed by atoms with E-state index in [-0.39, 0.29) is 0 Å². The number of nitrogens with two attached hydrogens (primary N) is 1. The van der Waals surface area contributed by atoms with Crippen molar-refractivity contribution in [1.82, 2.24) is 0 Å². The highest BCUT2D eigenvalue weighted by molar-refractivity contribution is 6.41. The van der Waals surface area contributed by atoms with Crippen LogP contribution in [-0.2, 0) is 4.79 Å². The molecule has 2 N–H and O–H groups in total. The Bertz CT molecular complexity index is 795. The molecule has 0 fully saturated rings. The number of primary amides is 1. The quantitative estimate of drug-likeness (QED) is 0.557. The Hall–Kier alpha value is -2.32. The number of amides is 1. The zero-order valence-corrected chi connectivity index (χ0v) is 11.4. The number of rotatable bonds is 2. The Kier molecular flexibility index (Phi) is 3.17. The van der Waals surface area contributed by atoms with Gasteiger partial charge in [0.05, 0.1) is 5.02 Å². The van der Waals surface area contributed by atoms with E-state index >= 15 is 0 Å². The number of hydrogen-bond donors (Lipinski definition) is 1. The van der Waals surface area contributed by atoms with Gasteiger partial charge in [0.1, 0.15) is 0 Å². The van der Waals surface area contributed by atoms with Gasteiger partial charge in [-0.05, 0) is 22.4 Å². The summed E-state index contributed by atoms with van der Waals surface area (Å²) >= 11 is 6.49. The Morgan fingerprint density at radius 3 is 1.80 bits per heavy atom. The predicted molar refractivity (Wildman–Crippen MR) is 84.7 cm³/mol. The molecule has 2 nitrogen and oxygen atoms in total. The predicted octanol–water partition coefficient (Wildman–Crippen LogP) is 4.14. The van der Waals surface area contributed by atoms with Crippen LogP contribution in [0.15, 0.2) is 54.6 Å². The molecule has 0 aliphatic rings. The van der Waals surface area contributed by atoms with E-state index in [0.717, 1.165) is 32.1 Å². The minimum absolute atomic E-state index is 0.465. The maximum atomic E-state index is 11.0. The van der Waals surface area contributed by atoms with E-state index in [1.165, 1.54) is 6.08 Å². The average molecular weight is 282 g/mol.